The van der Waals surface area contributed by atoms with Gasteiger partial charge in [0, 0.05) is 12.1 Å². The number of hydrogen-bond donors (Lipinski definition) is 2. The number of aryl methyl sites for hydroxylation is 1. The van der Waals surface area contributed by atoms with Crippen molar-refractivity contribution in [1.82, 2.24) is 5.32 Å². The van der Waals surface area contributed by atoms with Crippen LogP contribution in [0.25, 0.3) is 0 Å². The fourth-order valence-corrected chi connectivity index (χ4v) is 4.23. The summed E-state index contributed by atoms with van der Waals surface area (Å²) in [4.78, 5) is 37.7. The molecule has 3 rings (SSSR count). The largest absolute Gasteiger partial charge is 0.467 e. The van der Waals surface area contributed by atoms with Crippen molar-refractivity contribution < 1.29 is 19.1 Å². The molecule has 3 aromatic rings. The van der Waals surface area contributed by atoms with Crippen LogP contribution < -0.4 is 10.6 Å². The number of ether oxygens (including phenoxy) is 1. The summed E-state index contributed by atoms with van der Waals surface area (Å²) in [7, 11) is 1.24. The average Bonchev–Trinajstić information content (AvgIpc) is 2.79. The second-order valence-electron chi connectivity index (χ2n) is 7.43. The Morgan fingerprint density at radius 2 is 1.38 bits per heavy atom. The van der Waals surface area contributed by atoms with Crippen LogP contribution in [0, 0.1) is 6.92 Å². The Bertz CT molecular complexity index is 1190. The molecule has 2 amide bonds. The Kier molecular flexibility index (Phi) is 8.56. The molecule has 0 aliphatic rings. The average molecular weight is 520 g/mol. The molecule has 0 saturated carbocycles. The molecule has 0 radical (unpaired) electrons. The van der Waals surface area contributed by atoms with Crippen LogP contribution in [0.3, 0.4) is 0 Å². The molecule has 0 bridgehead atoms. The van der Waals surface area contributed by atoms with Crippen molar-refractivity contribution in [2.45, 2.75) is 19.4 Å². The van der Waals surface area contributed by atoms with Crippen LogP contribution in [0.15, 0.2) is 60.7 Å². The van der Waals surface area contributed by atoms with Crippen LogP contribution in [-0.4, -0.2) is 30.9 Å². The standard InChI is InChI=1S/C25H21Cl3N2O4/c1-14-5-3-6-17(26)21(14)23(31)29-16-11-9-15(10-12-16)13-20(25(33)34-2)30-24(32)22-18(27)7-4-8-19(22)28/h3-12,20H,13H2,1-2H3,(H,29,31)(H,30,32)/t20-/m0/s1. The zero-order chi connectivity index (χ0) is 24.8. The third-order valence-corrected chi connectivity index (χ3v) is 6.03. The molecule has 176 valence electrons. The van der Waals surface area contributed by atoms with Crippen molar-refractivity contribution in [3.8, 4) is 0 Å². The summed E-state index contributed by atoms with van der Waals surface area (Å²) >= 11 is 18.4. The van der Waals surface area contributed by atoms with Crippen molar-refractivity contribution in [3.63, 3.8) is 0 Å². The lowest BCUT2D eigenvalue weighted by molar-refractivity contribution is -0.142. The zero-order valence-electron chi connectivity index (χ0n) is 18.3. The number of esters is 1. The highest BCUT2D eigenvalue weighted by atomic mass is 35.5. The molecule has 0 fully saturated rings. The summed E-state index contributed by atoms with van der Waals surface area (Å²) in [5.41, 5.74) is 2.52. The van der Waals surface area contributed by atoms with Crippen LogP contribution >= 0.6 is 34.8 Å². The van der Waals surface area contributed by atoms with Gasteiger partial charge in [-0.2, -0.15) is 0 Å². The maximum absolute atomic E-state index is 12.7. The maximum Gasteiger partial charge on any atom is 0.328 e. The summed E-state index contributed by atoms with van der Waals surface area (Å²) in [6, 6.07) is 15.8. The first kappa shape index (κ1) is 25.6. The third-order valence-electron chi connectivity index (χ3n) is 5.08. The van der Waals surface area contributed by atoms with Gasteiger partial charge in [0.05, 0.1) is 33.3 Å². The molecule has 1 atom stereocenters. The highest BCUT2D eigenvalue weighted by molar-refractivity contribution is 6.39. The summed E-state index contributed by atoms with van der Waals surface area (Å²) < 4.78 is 4.84. The van der Waals surface area contributed by atoms with Crippen molar-refractivity contribution in [2.24, 2.45) is 0 Å². The minimum absolute atomic E-state index is 0.0765. The van der Waals surface area contributed by atoms with Gasteiger partial charge in [0.25, 0.3) is 11.8 Å². The van der Waals surface area contributed by atoms with Crippen LogP contribution in [0.1, 0.15) is 31.8 Å². The Hall–Kier alpha value is -3.06. The van der Waals surface area contributed by atoms with Gasteiger partial charge in [-0.05, 0) is 48.4 Å². The Morgan fingerprint density at radius 1 is 0.824 bits per heavy atom. The molecule has 0 heterocycles. The van der Waals surface area contributed by atoms with E-state index >= 15 is 0 Å². The number of methoxy groups -OCH3 is 1. The van der Waals surface area contributed by atoms with E-state index in [1.54, 1.807) is 55.5 Å². The normalized spacial score (nSPS) is 11.4. The number of anilines is 1. The smallest absolute Gasteiger partial charge is 0.328 e. The van der Waals surface area contributed by atoms with Gasteiger partial charge in [-0.25, -0.2) is 4.79 Å². The van der Waals surface area contributed by atoms with Gasteiger partial charge < -0.3 is 15.4 Å². The van der Waals surface area contributed by atoms with E-state index in [4.69, 9.17) is 39.5 Å². The van der Waals surface area contributed by atoms with Gasteiger partial charge in [-0.1, -0.05) is 65.1 Å². The number of halogens is 3. The fraction of sp³-hybridized carbons (Fsp3) is 0.160. The lowest BCUT2D eigenvalue weighted by Crippen LogP contribution is -2.43. The minimum Gasteiger partial charge on any atom is -0.467 e. The first-order chi connectivity index (χ1) is 16.2. The number of nitrogens with one attached hydrogen (secondary N) is 2. The molecule has 6 nitrogen and oxygen atoms in total. The van der Waals surface area contributed by atoms with E-state index in [1.807, 2.05) is 0 Å². The first-order valence-electron chi connectivity index (χ1n) is 10.2. The monoisotopic (exact) mass is 518 g/mol. The molecular weight excluding hydrogens is 499 g/mol. The number of carbonyl (C=O) groups excluding carboxylic acids is 3. The molecule has 2 N–H and O–H groups in total. The van der Waals surface area contributed by atoms with Crippen LogP contribution in [0.2, 0.25) is 15.1 Å². The van der Waals surface area contributed by atoms with Crippen molar-refractivity contribution in [3.05, 3.63) is 98.0 Å². The van der Waals surface area contributed by atoms with E-state index in [9.17, 15) is 14.4 Å². The zero-order valence-corrected chi connectivity index (χ0v) is 20.6. The van der Waals surface area contributed by atoms with Gasteiger partial charge in [0.1, 0.15) is 6.04 Å². The third kappa shape index (κ3) is 6.08. The van der Waals surface area contributed by atoms with Crippen LogP contribution in [-0.2, 0) is 16.0 Å². The maximum atomic E-state index is 12.7. The number of amides is 2. The van der Waals surface area contributed by atoms with E-state index in [2.05, 4.69) is 10.6 Å². The minimum atomic E-state index is -0.976. The quantitative estimate of drug-likeness (QED) is 0.391. The van der Waals surface area contributed by atoms with Gasteiger partial charge in [-0.3, -0.25) is 9.59 Å². The lowest BCUT2D eigenvalue weighted by atomic mass is 10.0. The van der Waals surface area contributed by atoms with E-state index < -0.39 is 17.9 Å². The molecular formula is C25H21Cl3N2O4. The predicted octanol–water partition coefficient (Wildman–Crippen LogP) is 5.72. The SMILES string of the molecule is COC(=O)[C@H](Cc1ccc(NC(=O)c2c(C)cccc2Cl)cc1)NC(=O)c1c(Cl)cccc1Cl. The highest BCUT2D eigenvalue weighted by Gasteiger charge is 2.25. The van der Waals surface area contributed by atoms with E-state index in [0.29, 0.717) is 16.3 Å². The Morgan fingerprint density at radius 3 is 1.94 bits per heavy atom. The molecule has 3 aromatic carbocycles. The fourth-order valence-electron chi connectivity index (χ4n) is 3.35. The molecule has 0 aliphatic heterocycles. The highest BCUT2D eigenvalue weighted by Crippen LogP contribution is 2.25. The van der Waals surface area contributed by atoms with Gasteiger partial charge in [0.2, 0.25) is 0 Å². The molecule has 9 heteroatoms. The summed E-state index contributed by atoms with van der Waals surface area (Å²) in [6.07, 6.45) is 0.151. The van der Waals surface area contributed by atoms with Gasteiger partial charge in [0.15, 0.2) is 0 Å². The lowest BCUT2D eigenvalue weighted by Gasteiger charge is -2.18. The molecule has 0 aliphatic carbocycles. The molecule has 0 saturated heterocycles. The molecule has 34 heavy (non-hydrogen) atoms. The molecule has 0 unspecified atom stereocenters. The number of carbonyl (C=O) groups is 3. The van der Waals surface area contributed by atoms with E-state index in [0.717, 1.165) is 11.1 Å². The first-order valence-corrected chi connectivity index (χ1v) is 11.3. The Balaban J connectivity index is 1.72. The molecule has 0 spiro atoms. The Labute approximate surface area is 212 Å². The summed E-state index contributed by atoms with van der Waals surface area (Å²) in [6.45, 7) is 1.81. The topological polar surface area (TPSA) is 84.5 Å². The van der Waals surface area contributed by atoms with Gasteiger partial charge in [-0.15, -0.1) is 0 Å². The summed E-state index contributed by atoms with van der Waals surface area (Å²) in [5.74, 6) is -1.54. The van der Waals surface area contributed by atoms with Crippen molar-refractivity contribution in [2.75, 3.05) is 12.4 Å². The van der Waals surface area contributed by atoms with Gasteiger partial charge >= 0.3 is 5.97 Å². The number of rotatable bonds is 7. The second-order valence-corrected chi connectivity index (χ2v) is 8.65. The van der Waals surface area contributed by atoms with Crippen LogP contribution in [0.5, 0.6) is 0 Å². The second kappa shape index (κ2) is 11.4. The van der Waals surface area contributed by atoms with Crippen molar-refractivity contribution >= 4 is 58.3 Å². The molecule has 0 aromatic heterocycles. The van der Waals surface area contributed by atoms with Crippen molar-refractivity contribution in [1.29, 1.82) is 0 Å². The number of benzene rings is 3. The summed E-state index contributed by atoms with van der Waals surface area (Å²) in [5, 5.41) is 6.14. The number of hydrogen-bond acceptors (Lipinski definition) is 4. The predicted molar refractivity (Wildman–Crippen MR) is 134 cm³/mol. The van der Waals surface area contributed by atoms with Crippen LogP contribution in [0.4, 0.5) is 5.69 Å². The van der Waals surface area contributed by atoms with E-state index in [1.165, 1.54) is 19.2 Å². The van der Waals surface area contributed by atoms with E-state index in [-0.39, 0.29) is 27.9 Å².